The van der Waals surface area contributed by atoms with E-state index >= 15 is 0 Å². The number of aromatic nitrogens is 2. The maximum atomic E-state index is 11.5. The zero-order valence-electron chi connectivity index (χ0n) is 9.94. The van der Waals surface area contributed by atoms with Crippen molar-refractivity contribution in [3.63, 3.8) is 0 Å². The molecular weight excluding hydrogens is 238 g/mol. The normalized spacial score (nSPS) is 18.4. The third-order valence-corrected chi connectivity index (χ3v) is 4.59. The zero-order chi connectivity index (χ0) is 12.3. The van der Waals surface area contributed by atoms with Crippen LogP contribution in [0.4, 0.5) is 0 Å². The summed E-state index contributed by atoms with van der Waals surface area (Å²) in [5, 5.41) is 3.05. The second-order valence-corrected chi connectivity index (χ2v) is 6.57. The van der Waals surface area contributed by atoms with E-state index in [2.05, 4.69) is 15.3 Å². The molecule has 0 unspecified atom stereocenters. The maximum absolute atomic E-state index is 11.5. The quantitative estimate of drug-likeness (QED) is 0.806. The van der Waals surface area contributed by atoms with Crippen LogP contribution in [-0.2, 0) is 29.1 Å². The van der Waals surface area contributed by atoms with E-state index in [1.54, 1.807) is 6.20 Å². The third kappa shape index (κ3) is 3.23. The average molecular weight is 255 g/mol. The molecule has 94 valence electrons. The molecule has 0 amide bonds. The molecule has 6 heteroatoms. The summed E-state index contributed by atoms with van der Waals surface area (Å²) in [5.74, 6) is 1.22. The van der Waals surface area contributed by atoms with Gasteiger partial charge in [-0.05, 0) is 19.0 Å². The van der Waals surface area contributed by atoms with Crippen LogP contribution in [0.1, 0.15) is 17.1 Å². The number of aryl methyl sites for hydroxylation is 2. The zero-order valence-corrected chi connectivity index (χ0v) is 10.8. The monoisotopic (exact) mass is 255 g/mol. The molecule has 5 nitrogen and oxygen atoms in total. The van der Waals surface area contributed by atoms with Crippen LogP contribution in [0.25, 0.3) is 0 Å². The van der Waals surface area contributed by atoms with Crippen molar-refractivity contribution in [3.8, 4) is 0 Å². The van der Waals surface area contributed by atoms with Crippen molar-refractivity contribution in [2.45, 2.75) is 19.3 Å². The van der Waals surface area contributed by atoms with Crippen molar-refractivity contribution in [1.29, 1.82) is 0 Å². The summed E-state index contributed by atoms with van der Waals surface area (Å²) in [6, 6.07) is 0. The van der Waals surface area contributed by atoms with Gasteiger partial charge in [-0.1, -0.05) is 0 Å². The lowest BCUT2D eigenvalue weighted by atomic mass is 10.1. The molecule has 1 aliphatic rings. The molecule has 0 spiro atoms. The fraction of sp³-hybridized carbons (Fsp3) is 0.636. The lowest BCUT2D eigenvalue weighted by molar-refractivity contribution is 0.596. The molecule has 0 aliphatic carbocycles. The number of nitrogens with zero attached hydrogens (tertiary/aromatic N) is 2. The van der Waals surface area contributed by atoms with Gasteiger partial charge in [-0.25, -0.2) is 18.4 Å². The van der Waals surface area contributed by atoms with Crippen molar-refractivity contribution in [2.24, 2.45) is 0 Å². The molecule has 2 rings (SSSR count). The van der Waals surface area contributed by atoms with E-state index in [0.717, 1.165) is 30.0 Å². The molecule has 1 N–H and O–H groups in total. The summed E-state index contributed by atoms with van der Waals surface area (Å²) >= 11 is 0. The largest absolute Gasteiger partial charge is 0.319 e. The smallest absolute Gasteiger partial charge is 0.151 e. The number of sulfone groups is 1. The Bertz CT molecular complexity index is 499. The standard InChI is InChI=1S/C11H17N3O2S/c1-12-5-2-11-13-8-9-3-6-17(15,16)7-4-10(9)14-11/h8,12H,2-7H2,1H3. The molecule has 17 heavy (non-hydrogen) atoms. The number of fused-ring (bicyclic) bond motifs is 1. The summed E-state index contributed by atoms with van der Waals surface area (Å²) in [4.78, 5) is 8.73. The molecule has 0 atom stereocenters. The number of rotatable bonds is 3. The highest BCUT2D eigenvalue weighted by Crippen LogP contribution is 2.14. The Morgan fingerprint density at radius 1 is 1.35 bits per heavy atom. The van der Waals surface area contributed by atoms with Gasteiger partial charge in [0.2, 0.25) is 0 Å². The van der Waals surface area contributed by atoms with Crippen molar-refractivity contribution in [1.82, 2.24) is 15.3 Å². The molecule has 0 aromatic carbocycles. The molecule has 0 saturated carbocycles. The SMILES string of the molecule is CNCCc1ncc2c(n1)CCS(=O)(=O)CC2. The van der Waals surface area contributed by atoms with Crippen molar-refractivity contribution in [3.05, 3.63) is 23.3 Å². The van der Waals surface area contributed by atoms with Crippen molar-refractivity contribution < 1.29 is 8.42 Å². The lowest BCUT2D eigenvalue weighted by Gasteiger charge is -2.05. The summed E-state index contributed by atoms with van der Waals surface area (Å²) in [6.45, 7) is 0.830. The minimum Gasteiger partial charge on any atom is -0.319 e. The Morgan fingerprint density at radius 2 is 2.12 bits per heavy atom. The van der Waals surface area contributed by atoms with Crippen LogP contribution in [0.15, 0.2) is 6.20 Å². The van der Waals surface area contributed by atoms with E-state index in [-0.39, 0.29) is 11.5 Å². The van der Waals surface area contributed by atoms with E-state index in [1.165, 1.54) is 0 Å². The topological polar surface area (TPSA) is 72.0 Å². The Kier molecular flexibility index (Phi) is 3.73. The lowest BCUT2D eigenvalue weighted by Crippen LogP contribution is -2.13. The van der Waals surface area contributed by atoms with Crippen LogP contribution in [-0.4, -0.2) is 43.5 Å². The first kappa shape index (κ1) is 12.4. The van der Waals surface area contributed by atoms with Crippen LogP contribution in [0.5, 0.6) is 0 Å². The van der Waals surface area contributed by atoms with E-state index in [4.69, 9.17) is 0 Å². The van der Waals surface area contributed by atoms with Crippen LogP contribution in [0, 0.1) is 0 Å². The number of likely N-dealkylation sites (N-methyl/N-ethyl adjacent to an activating group) is 1. The minimum atomic E-state index is -2.90. The Labute approximate surface area is 102 Å². The molecule has 1 aromatic rings. The highest BCUT2D eigenvalue weighted by molar-refractivity contribution is 7.91. The predicted molar refractivity (Wildman–Crippen MR) is 65.7 cm³/mol. The summed E-state index contributed by atoms with van der Waals surface area (Å²) in [6.07, 6.45) is 3.63. The first-order chi connectivity index (χ1) is 8.11. The van der Waals surface area contributed by atoms with E-state index < -0.39 is 9.84 Å². The van der Waals surface area contributed by atoms with Crippen LogP contribution >= 0.6 is 0 Å². The molecule has 0 bridgehead atoms. The molecular formula is C11H17N3O2S. The Hall–Kier alpha value is -1.01. The third-order valence-electron chi connectivity index (χ3n) is 2.93. The Balaban J connectivity index is 2.19. The molecule has 1 aromatic heterocycles. The summed E-state index contributed by atoms with van der Waals surface area (Å²) in [7, 11) is -1.01. The van der Waals surface area contributed by atoms with Gasteiger partial charge in [-0.15, -0.1) is 0 Å². The van der Waals surface area contributed by atoms with Crippen LogP contribution < -0.4 is 5.32 Å². The highest BCUT2D eigenvalue weighted by atomic mass is 32.2. The van der Waals surface area contributed by atoms with Crippen molar-refractivity contribution >= 4 is 9.84 Å². The van der Waals surface area contributed by atoms with Gasteiger partial charge >= 0.3 is 0 Å². The molecule has 0 fully saturated rings. The van der Waals surface area contributed by atoms with Gasteiger partial charge in [-0.3, -0.25) is 0 Å². The molecule has 0 radical (unpaired) electrons. The number of hydrogen-bond donors (Lipinski definition) is 1. The maximum Gasteiger partial charge on any atom is 0.151 e. The van der Waals surface area contributed by atoms with Gasteiger partial charge in [-0.2, -0.15) is 0 Å². The summed E-state index contributed by atoms with van der Waals surface area (Å²) < 4.78 is 23.1. The summed E-state index contributed by atoms with van der Waals surface area (Å²) in [5.41, 5.74) is 1.89. The fourth-order valence-corrected chi connectivity index (χ4v) is 3.13. The van der Waals surface area contributed by atoms with E-state index in [1.807, 2.05) is 7.05 Å². The second kappa shape index (κ2) is 5.10. The van der Waals surface area contributed by atoms with Gasteiger partial charge in [0.1, 0.15) is 5.82 Å². The number of nitrogens with one attached hydrogen (secondary N) is 1. The van der Waals surface area contributed by atoms with E-state index in [9.17, 15) is 8.42 Å². The first-order valence-electron chi connectivity index (χ1n) is 5.79. The predicted octanol–water partition coefficient (Wildman–Crippen LogP) is -0.248. The van der Waals surface area contributed by atoms with Gasteiger partial charge in [0.05, 0.1) is 11.5 Å². The second-order valence-electron chi connectivity index (χ2n) is 4.26. The average Bonchev–Trinajstić information content (AvgIpc) is 2.46. The van der Waals surface area contributed by atoms with Gasteiger partial charge in [0, 0.05) is 31.3 Å². The van der Waals surface area contributed by atoms with Crippen LogP contribution in [0.2, 0.25) is 0 Å². The molecule has 0 saturated heterocycles. The van der Waals surface area contributed by atoms with Crippen molar-refractivity contribution in [2.75, 3.05) is 25.1 Å². The molecule has 1 aliphatic heterocycles. The van der Waals surface area contributed by atoms with E-state index in [0.29, 0.717) is 12.8 Å². The van der Waals surface area contributed by atoms with Crippen LogP contribution in [0.3, 0.4) is 0 Å². The first-order valence-corrected chi connectivity index (χ1v) is 7.61. The van der Waals surface area contributed by atoms with Gasteiger partial charge in [0.15, 0.2) is 9.84 Å². The fourth-order valence-electron chi connectivity index (χ4n) is 1.89. The number of hydrogen-bond acceptors (Lipinski definition) is 5. The minimum absolute atomic E-state index is 0.211. The van der Waals surface area contributed by atoms with Gasteiger partial charge < -0.3 is 5.32 Å². The molecule has 2 heterocycles. The Morgan fingerprint density at radius 3 is 2.88 bits per heavy atom. The highest BCUT2D eigenvalue weighted by Gasteiger charge is 2.19. The van der Waals surface area contributed by atoms with Gasteiger partial charge in [0.25, 0.3) is 0 Å².